The zero-order chi connectivity index (χ0) is 24.9. The third-order valence-corrected chi connectivity index (χ3v) is 5.81. The maximum absolute atomic E-state index is 12.9. The molecule has 7 nitrogen and oxygen atoms in total. The van der Waals surface area contributed by atoms with Crippen molar-refractivity contribution in [3.63, 3.8) is 0 Å². The van der Waals surface area contributed by atoms with Gasteiger partial charge in [0, 0.05) is 40.5 Å². The summed E-state index contributed by atoms with van der Waals surface area (Å²) in [5.41, 5.74) is 4.45. The van der Waals surface area contributed by atoms with Crippen molar-refractivity contribution in [2.24, 2.45) is 0 Å². The molecule has 0 saturated heterocycles. The molecule has 0 radical (unpaired) electrons. The van der Waals surface area contributed by atoms with Crippen LogP contribution in [0.3, 0.4) is 0 Å². The lowest BCUT2D eigenvalue weighted by Crippen LogP contribution is -2.23. The lowest BCUT2D eigenvalue weighted by Gasteiger charge is -2.06. The van der Waals surface area contributed by atoms with Crippen LogP contribution in [0.5, 0.6) is 5.75 Å². The number of nitrogens with zero attached hydrogens (tertiary/aromatic N) is 3. The van der Waals surface area contributed by atoms with Crippen LogP contribution in [0.15, 0.2) is 95.6 Å². The van der Waals surface area contributed by atoms with Crippen LogP contribution in [-0.4, -0.2) is 27.5 Å². The maximum Gasteiger partial charge on any atom is 0.273 e. The summed E-state index contributed by atoms with van der Waals surface area (Å²) in [6.07, 6.45) is 1.92. The second-order valence-electron chi connectivity index (χ2n) is 8.01. The number of hydrogen-bond acceptors (Lipinski definition) is 5. The molecule has 5 rings (SSSR count). The van der Waals surface area contributed by atoms with Crippen molar-refractivity contribution in [3.05, 3.63) is 107 Å². The molecule has 0 fully saturated rings. The molecule has 5 aromatic rings. The molecule has 0 aliphatic heterocycles. The highest BCUT2D eigenvalue weighted by atomic mass is 35.5. The number of benzene rings is 3. The fourth-order valence-corrected chi connectivity index (χ4v) is 3.90. The Kier molecular flexibility index (Phi) is 6.82. The van der Waals surface area contributed by atoms with Gasteiger partial charge in [-0.25, -0.2) is 4.68 Å². The van der Waals surface area contributed by atoms with Crippen molar-refractivity contribution in [2.45, 2.75) is 13.5 Å². The molecule has 1 amide bonds. The van der Waals surface area contributed by atoms with Crippen LogP contribution in [0.4, 0.5) is 0 Å². The van der Waals surface area contributed by atoms with Gasteiger partial charge in [-0.2, -0.15) is 5.10 Å². The SMILES string of the molecule is CCOc1ccc(-c2nn(-c3ccccc3)cc2CNC(=O)c2cc(-c3ccc(Cl)cc3)on2)cc1. The average Bonchev–Trinajstić information content (AvgIpc) is 3.57. The number of nitrogens with one attached hydrogen (secondary N) is 1. The molecule has 0 atom stereocenters. The van der Waals surface area contributed by atoms with Gasteiger partial charge < -0.3 is 14.6 Å². The lowest BCUT2D eigenvalue weighted by molar-refractivity contribution is 0.0942. The monoisotopic (exact) mass is 498 g/mol. The summed E-state index contributed by atoms with van der Waals surface area (Å²) in [4.78, 5) is 12.9. The molecule has 0 aliphatic rings. The molecule has 3 aromatic carbocycles. The lowest BCUT2D eigenvalue weighted by atomic mass is 10.1. The molecule has 8 heteroatoms. The number of para-hydroxylation sites is 1. The highest BCUT2D eigenvalue weighted by Gasteiger charge is 2.17. The van der Waals surface area contributed by atoms with Gasteiger partial charge in [-0.05, 0) is 67.6 Å². The third-order valence-electron chi connectivity index (χ3n) is 5.56. The molecular weight excluding hydrogens is 476 g/mol. The highest BCUT2D eigenvalue weighted by Crippen LogP contribution is 2.26. The molecule has 1 N–H and O–H groups in total. The average molecular weight is 499 g/mol. The summed E-state index contributed by atoms with van der Waals surface area (Å²) in [5, 5.41) is 12.3. The third kappa shape index (κ3) is 5.16. The minimum atomic E-state index is -0.343. The van der Waals surface area contributed by atoms with E-state index in [0.717, 1.165) is 33.8 Å². The van der Waals surface area contributed by atoms with Gasteiger partial charge >= 0.3 is 0 Å². The van der Waals surface area contributed by atoms with Gasteiger partial charge in [-0.1, -0.05) is 35.0 Å². The first kappa shape index (κ1) is 23.4. The van der Waals surface area contributed by atoms with Gasteiger partial charge in [0.2, 0.25) is 0 Å². The van der Waals surface area contributed by atoms with E-state index in [1.54, 1.807) is 18.2 Å². The Hall–Kier alpha value is -4.36. The van der Waals surface area contributed by atoms with Crippen LogP contribution in [-0.2, 0) is 6.54 Å². The Morgan fingerprint density at radius 2 is 1.72 bits per heavy atom. The normalized spacial score (nSPS) is 10.8. The molecular formula is C28H23ClN4O3. The molecule has 180 valence electrons. The number of ether oxygens (including phenoxy) is 1. The van der Waals surface area contributed by atoms with Crippen LogP contribution in [0.1, 0.15) is 23.0 Å². The van der Waals surface area contributed by atoms with E-state index in [4.69, 9.17) is 26.0 Å². The maximum atomic E-state index is 12.9. The van der Waals surface area contributed by atoms with Crippen LogP contribution < -0.4 is 10.1 Å². The van der Waals surface area contributed by atoms with Crippen molar-refractivity contribution >= 4 is 17.5 Å². The van der Waals surface area contributed by atoms with E-state index in [-0.39, 0.29) is 18.1 Å². The summed E-state index contributed by atoms with van der Waals surface area (Å²) in [6, 6.07) is 26.3. The van der Waals surface area contributed by atoms with Gasteiger partial charge in [0.15, 0.2) is 11.5 Å². The van der Waals surface area contributed by atoms with E-state index in [1.165, 1.54) is 0 Å². The van der Waals surface area contributed by atoms with E-state index >= 15 is 0 Å². The molecule has 0 saturated carbocycles. The van der Waals surface area contributed by atoms with Crippen molar-refractivity contribution < 1.29 is 14.1 Å². The summed E-state index contributed by atoms with van der Waals surface area (Å²) >= 11 is 5.95. The second kappa shape index (κ2) is 10.5. The van der Waals surface area contributed by atoms with Crippen molar-refractivity contribution in [1.82, 2.24) is 20.3 Å². The standard InChI is InChI=1S/C28H23ClN4O3/c1-2-35-24-14-10-20(11-15-24)27-21(18-33(31-27)23-6-4-3-5-7-23)17-30-28(34)25-16-26(36-32-25)19-8-12-22(29)13-9-19/h3-16,18H,2,17H2,1H3,(H,30,34). The van der Waals surface area contributed by atoms with Gasteiger partial charge in [-0.15, -0.1) is 0 Å². The first-order chi connectivity index (χ1) is 17.6. The molecule has 0 bridgehead atoms. The fraction of sp³-hybridized carbons (Fsp3) is 0.107. The predicted octanol–water partition coefficient (Wildman–Crippen LogP) is 6.18. The summed E-state index contributed by atoms with van der Waals surface area (Å²) in [6.45, 7) is 2.81. The van der Waals surface area contributed by atoms with Crippen LogP contribution in [0.2, 0.25) is 5.02 Å². The van der Waals surface area contributed by atoms with Crippen LogP contribution in [0.25, 0.3) is 28.3 Å². The number of hydrogen-bond donors (Lipinski definition) is 1. The van der Waals surface area contributed by atoms with Crippen molar-refractivity contribution in [1.29, 1.82) is 0 Å². The summed E-state index contributed by atoms with van der Waals surface area (Å²) < 4.78 is 12.7. The first-order valence-corrected chi connectivity index (χ1v) is 11.9. The number of amides is 1. The Bertz CT molecular complexity index is 1460. The van der Waals surface area contributed by atoms with Crippen molar-refractivity contribution in [3.8, 4) is 34.0 Å². The second-order valence-corrected chi connectivity index (χ2v) is 8.44. The number of aromatic nitrogens is 3. The van der Waals surface area contributed by atoms with Crippen molar-refractivity contribution in [2.75, 3.05) is 6.61 Å². The van der Waals surface area contributed by atoms with E-state index in [1.807, 2.05) is 84.5 Å². The minimum absolute atomic E-state index is 0.193. The van der Waals surface area contributed by atoms with E-state index in [2.05, 4.69) is 10.5 Å². The minimum Gasteiger partial charge on any atom is -0.494 e. The fourth-order valence-electron chi connectivity index (χ4n) is 3.77. The molecule has 36 heavy (non-hydrogen) atoms. The van der Waals surface area contributed by atoms with E-state index in [0.29, 0.717) is 17.4 Å². The highest BCUT2D eigenvalue weighted by molar-refractivity contribution is 6.30. The van der Waals surface area contributed by atoms with Gasteiger partial charge in [0.05, 0.1) is 18.0 Å². The topological polar surface area (TPSA) is 82.2 Å². The number of carbonyl (C=O) groups excluding carboxylic acids is 1. The Labute approximate surface area is 213 Å². The molecule has 2 aromatic heterocycles. The largest absolute Gasteiger partial charge is 0.494 e. The first-order valence-electron chi connectivity index (χ1n) is 11.5. The number of carbonyl (C=O) groups is 1. The van der Waals surface area contributed by atoms with Gasteiger partial charge in [-0.3, -0.25) is 4.79 Å². The predicted molar refractivity (Wildman–Crippen MR) is 138 cm³/mol. The Morgan fingerprint density at radius 3 is 2.44 bits per heavy atom. The Morgan fingerprint density at radius 1 is 1.00 bits per heavy atom. The molecule has 0 unspecified atom stereocenters. The zero-order valence-corrected chi connectivity index (χ0v) is 20.3. The zero-order valence-electron chi connectivity index (χ0n) is 19.5. The molecule has 0 spiro atoms. The summed E-state index contributed by atoms with van der Waals surface area (Å²) in [5.74, 6) is 0.939. The number of halogens is 1. The van der Waals surface area contributed by atoms with E-state index < -0.39 is 0 Å². The quantitative estimate of drug-likeness (QED) is 0.276. The van der Waals surface area contributed by atoms with E-state index in [9.17, 15) is 4.79 Å². The summed E-state index contributed by atoms with van der Waals surface area (Å²) in [7, 11) is 0. The number of rotatable bonds is 8. The smallest absolute Gasteiger partial charge is 0.273 e. The van der Waals surface area contributed by atoms with Gasteiger partial charge in [0.25, 0.3) is 5.91 Å². The molecule has 0 aliphatic carbocycles. The van der Waals surface area contributed by atoms with Gasteiger partial charge in [0.1, 0.15) is 5.75 Å². The van der Waals surface area contributed by atoms with Crippen LogP contribution in [0, 0.1) is 0 Å². The van der Waals surface area contributed by atoms with Crippen LogP contribution >= 0.6 is 11.6 Å². The molecule has 2 heterocycles. The Balaban J connectivity index is 1.38.